The SMILES string of the molecule is COC(=O)C(=O)N(C(=O)N1CC(C)(CCCSC)C(c2ccc(C(F)(F)F)c(Cl)c2)=N1)c1ccc(Br)cc1. The Labute approximate surface area is 235 Å². The number of thioether (sulfide) groups is 1. The van der Waals surface area contributed by atoms with E-state index in [0.29, 0.717) is 27.1 Å². The van der Waals surface area contributed by atoms with E-state index in [0.717, 1.165) is 30.4 Å². The number of carbonyl (C=O) groups is 3. The van der Waals surface area contributed by atoms with Crippen molar-refractivity contribution in [3.8, 4) is 0 Å². The van der Waals surface area contributed by atoms with Crippen LogP contribution < -0.4 is 4.90 Å². The number of hydrogen-bond donors (Lipinski definition) is 0. The van der Waals surface area contributed by atoms with Crippen molar-refractivity contribution in [1.82, 2.24) is 5.01 Å². The molecule has 1 aliphatic rings. The normalized spacial score (nSPS) is 17.3. The van der Waals surface area contributed by atoms with Crippen LogP contribution in [0.25, 0.3) is 0 Å². The Morgan fingerprint density at radius 1 is 1.21 bits per heavy atom. The number of rotatable bonds is 6. The number of hydrazone groups is 1. The number of nitrogens with zero attached hydrogens (tertiary/aromatic N) is 3. The van der Waals surface area contributed by atoms with E-state index in [9.17, 15) is 27.6 Å². The van der Waals surface area contributed by atoms with Crippen molar-refractivity contribution in [2.24, 2.45) is 10.5 Å². The molecule has 3 amide bonds. The number of halogens is 5. The molecule has 1 heterocycles. The third kappa shape index (κ3) is 6.52. The van der Waals surface area contributed by atoms with Crippen molar-refractivity contribution < 1.29 is 32.3 Å². The number of alkyl halides is 3. The molecule has 1 aliphatic heterocycles. The summed E-state index contributed by atoms with van der Waals surface area (Å²) in [6.45, 7) is 1.87. The average molecular weight is 635 g/mol. The molecule has 2 aromatic carbocycles. The number of esters is 1. The van der Waals surface area contributed by atoms with Gasteiger partial charge in [-0.2, -0.15) is 30.0 Å². The van der Waals surface area contributed by atoms with Crippen molar-refractivity contribution in [2.75, 3.05) is 30.6 Å². The van der Waals surface area contributed by atoms with Crippen molar-refractivity contribution in [3.63, 3.8) is 0 Å². The molecule has 0 aromatic heterocycles. The quantitative estimate of drug-likeness (QED) is 0.203. The van der Waals surface area contributed by atoms with Crippen LogP contribution in [0.2, 0.25) is 5.02 Å². The number of amides is 3. The van der Waals surface area contributed by atoms with Gasteiger partial charge in [0, 0.05) is 9.89 Å². The van der Waals surface area contributed by atoms with Crippen LogP contribution in [-0.2, 0) is 20.5 Å². The molecule has 7 nitrogen and oxygen atoms in total. The van der Waals surface area contributed by atoms with Gasteiger partial charge in [0.1, 0.15) is 0 Å². The fourth-order valence-corrected chi connectivity index (χ4v) is 5.08. The first-order valence-corrected chi connectivity index (χ1v) is 13.8. The highest BCUT2D eigenvalue weighted by Gasteiger charge is 2.44. The van der Waals surface area contributed by atoms with Crippen molar-refractivity contribution >= 4 is 68.6 Å². The van der Waals surface area contributed by atoms with Gasteiger partial charge in [-0.3, -0.25) is 4.79 Å². The van der Waals surface area contributed by atoms with Gasteiger partial charge >= 0.3 is 24.1 Å². The van der Waals surface area contributed by atoms with Gasteiger partial charge in [0.25, 0.3) is 0 Å². The average Bonchev–Trinajstić information content (AvgIpc) is 3.21. The summed E-state index contributed by atoms with van der Waals surface area (Å²) in [4.78, 5) is 39.3. The molecule has 0 radical (unpaired) electrons. The predicted octanol–water partition coefficient (Wildman–Crippen LogP) is 6.62. The Morgan fingerprint density at radius 3 is 2.42 bits per heavy atom. The van der Waals surface area contributed by atoms with Gasteiger partial charge in [-0.1, -0.05) is 40.5 Å². The first kappa shape index (κ1) is 30.0. The lowest BCUT2D eigenvalue weighted by molar-refractivity contribution is -0.151. The number of hydrogen-bond acceptors (Lipinski definition) is 6. The molecule has 38 heavy (non-hydrogen) atoms. The van der Waals surface area contributed by atoms with Crippen LogP contribution in [0, 0.1) is 5.41 Å². The molecule has 2 aromatic rings. The van der Waals surface area contributed by atoms with Crippen molar-refractivity contribution in [3.05, 3.63) is 63.1 Å². The Morgan fingerprint density at radius 2 is 1.87 bits per heavy atom. The highest BCUT2D eigenvalue weighted by Crippen LogP contribution is 2.40. The molecule has 0 spiro atoms. The lowest BCUT2D eigenvalue weighted by Gasteiger charge is -2.28. The summed E-state index contributed by atoms with van der Waals surface area (Å²) in [6.07, 6.45) is -1.38. The second kappa shape index (κ2) is 12.1. The van der Waals surface area contributed by atoms with Crippen molar-refractivity contribution in [1.29, 1.82) is 0 Å². The molecule has 3 rings (SSSR count). The topological polar surface area (TPSA) is 79.3 Å². The highest BCUT2D eigenvalue weighted by molar-refractivity contribution is 9.10. The first-order valence-electron chi connectivity index (χ1n) is 11.3. The van der Waals surface area contributed by atoms with Crippen LogP contribution in [0.3, 0.4) is 0 Å². The summed E-state index contributed by atoms with van der Waals surface area (Å²) in [5.74, 6) is -1.65. The second-order valence-electron chi connectivity index (χ2n) is 8.75. The van der Waals surface area contributed by atoms with Gasteiger partial charge in [0.05, 0.1) is 35.6 Å². The monoisotopic (exact) mass is 633 g/mol. The standard InChI is InChI=1S/C25H24BrClF3N3O4S/c1-24(11-4-12-38-3)14-32(31-20(24)15-5-10-18(19(27)13-15)25(28,29)30)23(36)33(21(34)22(35)37-2)17-8-6-16(26)7-9-17/h5-10,13H,4,11-12,14H2,1-3H3. The molecule has 0 aliphatic carbocycles. The molecule has 0 saturated heterocycles. The first-order chi connectivity index (χ1) is 17.8. The summed E-state index contributed by atoms with van der Waals surface area (Å²) in [5.41, 5.74) is -0.973. The zero-order valence-electron chi connectivity index (χ0n) is 20.6. The molecule has 0 fully saturated rings. The lowest BCUT2D eigenvalue weighted by atomic mass is 9.78. The summed E-state index contributed by atoms with van der Waals surface area (Å²) in [7, 11) is 1.02. The Balaban J connectivity index is 2.07. The minimum absolute atomic E-state index is 0.0235. The smallest absolute Gasteiger partial charge is 0.417 e. The maximum atomic E-state index is 13.7. The van der Waals surface area contributed by atoms with Crippen molar-refractivity contribution in [2.45, 2.75) is 25.9 Å². The maximum Gasteiger partial charge on any atom is 0.417 e. The number of ether oxygens (including phenoxy) is 1. The molecule has 1 unspecified atom stereocenters. The fourth-order valence-electron chi connectivity index (χ4n) is 4.09. The van der Waals surface area contributed by atoms with E-state index in [-0.39, 0.29) is 12.2 Å². The van der Waals surface area contributed by atoms with E-state index in [1.807, 2.05) is 13.2 Å². The number of benzene rings is 2. The summed E-state index contributed by atoms with van der Waals surface area (Å²) < 4.78 is 45.1. The maximum absolute atomic E-state index is 13.7. The Hall–Kier alpha value is -2.57. The summed E-state index contributed by atoms with van der Waals surface area (Å²) in [6, 6.07) is 8.53. The van der Waals surface area contributed by atoms with E-state index in [1.165, 1.54) is 24.3 Å². The molecule has 1 atom stereocenters. The number of imide groups is 1. The number of anilines is 1. The van der Waals surface area contributed by atoms with Gasteiger partial charge in [-0.05, 0) is 66.8 Å². The predicted molar refractivity (Wildman–Crippen MR) is 144 cm³/mol. The summed E-state index contributed by atoms with van der Waals surface area (Å²) in [5, 5.41) is 5.00. The lowest BCUT2D eigenvalue weighted by Crippen LogP contribution is -2.48. The number of methoxy groups -OCH3 is 1. The Bertz CT molecular complexity index is 1260. The van der Waals surface area contributed by atoms with Gasteiger partial charge in [-0.25, -0.2) is 19.5 Å². The van der Waals surface area contributed by atoms with Crippen LogP contribution in [0.4, 0.5) is 23.7 Å². The number of urea groups is 1. The number of carbonyl (C=O) groups excluding carboxylic acids is 3. The van der Waals surface area contributed by atoms with E-state index in [1.54, 1.807) is 23.9 Å². The second-order valence-corrected chi connectivity index (χ2v) is 11.1. The van der Waals surface area contributed by atoms with Gasteiger partial charge < -0.3 is 4.74 Å². The molecule has 0 saturated carbocycles. The van der Waals surface area contributed by atoms with Gasteiger partial charge in [0.2, 0.25) is 0 Å². The highest BCUT2D eigenvalue weighted by atomic mass is 79.9. The fraction of sp³-hybridized carbons (Fsp3) is 0.360. The van der Waals surface area contributed by atoms with E-state index in [4.69, 9.17) is 11.6 Å². The summed E-state index contributed by atoms with van der Waals surface area (Å²) >= 11 is 10.9. The van der Waals surface area contributed by atoms with E-state index in [2.05, 4.69) is 25.8 Å². The van der Waals surface area contributed by atoms with Crippen LogP contribution in [0.15, 0.2) is 52.0 Å². The minimum atomic E-state index is -4.63. The Kier molecular flexibility index (Phi) is 9.53. The van der Waals surface area contributed by atoms with Crippen LogP contribution >= 0.6 is 39.3 Å². The molecular formula is C25H24BrClF3N3O4S. The third-order valence-electron chi connectivity index (χ3n) is 5.98. The molecular weight excluding hydrogens is 611 g/mol. The van der Waals surface area contributed by atoms with Gasteiger partial charge in [0.15, 0.2) is 0 Å². The van der Waals surface area contributed by atoms with Crippen LogP contribution in [-0.4, -0.2) is 54.3 Å². The molecule has 0 bridgehead atoms. The molecule has 204 valence electrons. The molecule has 13 heteroatoms. The molecule has 0 N–H and O–H groups in total. The largest absolute Gasteiger partial charge is 0.462 e. The zero-order chi connectivity index (χ0) is 28.3. The third-order valence-corrected chi connectivity index (χ3v) is 7.51. The minimum Gasteiger partial charge on any atom is -0.462 e. The van der Waals surface area contributed by atoms with E-state index < -0.39 is 40.1 Å². The zero-order valence-corrected chi connectivity index (χ0v) is 23.8. The van der Waals surface area contributed by atoms with Crippen LogP contribution in [0.5, 0.6) is 0 Å². The van der Waals surface area contributed by atoms with E-state index >= 15 is 0 Å². The van der Waals surface area contributed by atoms with Gasteiger partial charge in [-0.15, -0.1) is 0 Å². The van der Waals surface area contributed by atoms with Crippen LogP contribution in [0.1, 0.15) is 30.9 Å².